The molecule has 2 rings (SSSR count). The number of rotatable bonds is 3. The Morgan fingerprint density at radius 2 is 2.00 bits per heavy atom. The Morgan fingerprint density at radius 1 is 1.29 bits per heavy atom. The molecule has 1 fully saturated rings. The molecule has 1 aromatic rings. The summed E-state index contributed by atoms with van der Waals surface area (Å²) in [5, 5.41) is 2.96. The lowest BCUT2D eigenvalue weighted by molar-refractivity contribution is -0.136. The topological polar surface area (TPSA) is 12.0 Å². The fraction of sp³-hybridized carbons (Fsp3) is 0.500. The molecule has 17 heavy (non-hydrogen) atoms. The first kappa shape index (κ1) is 12.6. The van der Waals surface area contributed by atoms with Gasteiger partial charge in [0.25, 0.3) is 0 Å². The summed E-state index contributed by atoms with van der Waals surface area (Å²) in [5.74, 6) is 0.479. The molecular formula is C12H13ClF3N. The minimum Gasteiger partial charge on any atom is -0.383 e. The predicted octanol–water partition coefficient (Wildman–Crippen LogP) is 4.57. The Hall–Kier alpha value is -0.900. The first-order valence-corrected chi connectivity index (χ1v) is 5.96. The van der Waals surface area contributed by atoms with Crippen molar-refractivity contribution in [1.82, 2.24) is 0 Å². The van der Waals surface area contributed by atoms with Crippen LogP contribution in [0.5, 0.6) is 0 Å². The molecule has 0 heterocycles. The van der Waals surface area contributed by atoms with E-state index in [1.165, 1.54) is 18.6 Å². The van der Waals surface area contributed by atoms with E-state index in [4.69, 9.17) is 11.6 Å². The van der Waals surface area contributed by atoms with Crippen LogP contribution in [0.4, 0.5) is 18.9 Å². The van der Waals surface area contributed by atoms with Gasteiger partial charge in [-0.3, -0.25) is 0 Å². The molecule has 94 valence electrons. The van der Waals surface area contributed by atoms with Gasteiger partial charge in [-0.25, -0.2) is 0 Å². The lowest BCUT2D eigenvalue weighted by Crippen LogP contribution is -2.22. The predicted molar refractivity (Wildman–Crippen MR) is 62.3 cm³/mol. The molecule has 1 aliphatic carbocycles. The van der Waals surface area contributed by atoms with Crippen LogP contribution in [0.15, 0.2) is 18.2 Å². The van der Waals surface area contributed by atoms with Gasteiger partial charge in [-0.15, -0.1) is 0 Å². The van der Waals surface area contributed by atoms with Gasteiger partial charge in [0, 0.05) is 6.54 Å². The molecule has 0 radical (unpaired) electrons. The third kappa shape index (κ3) is 2.86. The van der Waals surface area contributed by atoms with Gasteiger partial charge in [-0.05, 0) is 30.9 Å². The molecule has 0 saturated heterocycles. The minimum atomic E-state index is -4.37. The monoisotopic (exact) mass is 263 g/mol. The lowest BCUT2D eigenvalue weighted by Gasteiger charge is -2.27. The molecule has 0 spiro atoms. The van der Waals surface area contributed by atoms with Gasteiger partial charge in [-0.2, -0.15) is 13.2 Å². The Labute approximate surface area is 103 Å². The molecular weight excluding hydrogens is 251 g/mol. The van der Waals surface area contributed by atoms with Crippen LogP contribution < -0.4 is 5.32 Å². The van der Waals surface area contributed by atoms with Crippen LogP contribution in [0.2, 0.25) is 5.02 Å². The highest BCUT2D eigenvalue weighted by Gasteiger charge is 2.34. The zero-order chi connectivity index (χ0) is 12.5. The zero-order valence-corrected chi connectivity index (χ0v) is 9.91. The quantitative estimate of drug-likeness (QED) is 0.842. The molecule has 1 N–H and O–H groups in total. The number of anilines is 1. The van der Waals surface area contributed by atoms with E-state index in [0.717, 1.165) is 18.9 Å². The summed E-state index contributed by atoms with van der Waals surface area (Å²) < 4.78 is 38.3. The summed E-state index contributed by atoms with van der Waals surface area (Å²) in [6, 6.07) is 3.84. The summed E-state index contributed by atoms with van der Waals surface area (Å²) in [6.45, 7) is 0.562. The fourth-order valence-electron chi connectivity index (χ4n) is 1.88. The Kier molecular flexibility index (Phi) is 3.52. The van der Waals surface area contributed by atoms with E-state index in [1.807, 2.05) is 0 Å². The van der Waals surface area contributed by atoms with Gasteiger partial charge < -0.3 is 5.32 Å². The Balaban J connectivity index is 2.17. The van der Waals surface area contributed by atoms with Gasteiger partial charge in [0.2, 0.25) is 0 Å². The Morgan fingerprint density at radius 3 is 2.53 bits per heavy atom. The summed E-state index contributed by atoms with van der Waals surface area (Å²) >= 11 is 5.82. The average molecular weight is 264 g/mol. The van der Waals surface area contributed by atoms with Crippen LogP contribution in [0, 0.1) is 5.92 Å². The van der Waals surface area contributed by atoms with E-state index in [0.29, 0.717) is 12.5 Å². The molecule has 0 unspecified atom stereocenters. The number of hydrogen-bond acceptors (Lipinski definition) is 1. The van der Waals surface area contributed by atoms with E-state index in [1.54, 1.807) is 0 Å². The van der Waals surface area contributed by atoms with Gasteiger partial charge in [0.1, 0.15) is 0 Å². The van der Waals surface area contributed by atoms with Crippen molar-refractivity contribution in [1.29, 1.82) is 0 Å². The second kappa shape index (κ2) is 4.77. The van der Waals surface area contributed by atoms with E-state index in [9.17, 15) is 13.2 Å². The maximum Gasteiger partial charge on any atom is 0.418 e. The van der Waals surface area contributed by atoms with E-state index in [2.05, 4.69) is 5.32 Å². The summed E-state index contributed by atoms with van der Waals surface area (Å²) in [6.07, 6.45) is -1.04. The zero-order valence-electron chi connectivity index (χ0n) is 9.15. The molecule has 1 aromatic carbocycles. The van der Waals surface area contributed by atoms with Crippen LogP contribution in [-0.2, 0) is 6.18 Å². The summed E-state index contributed by atoms with van der Waals surface area (Å²) in [5.41, 5.74) is -0.683. The second-order valence-corrected chi connectivity index (χ2v) is 4.75. The SMILES string of the molecule is FC(F)(F)c1cccc(Cl)c1NCC1CCC1. The molecule has 1 aliphatic rings. The summed E-state index contributed by atoms with van der Waals surface area (Å²) in [4.78, 5) is 0. The van der Waals surface area contributed by atoms with Crippen molar-refractivity contribution in [2.75, 3.05) is 11.9 Å². The fourth-order valence-corrected chi connectivity index (χ4v) is 2.12. The van der Waals surface area contributed by atoms with Crippen LogP contribution in [0.1, 0.15) is 24.8 Å². The van der Waals surface area contributed by atoms with Gasteiger partial charge >= 0.3 is 6.18 Å². The number of benzene rings is 1. The van der Waals surface area contributed by atoms with E-state index < -0.39 is 11.7 Å². The average Bonchev–Trinajstić information content (AvgIpc) is 2.16. The van der Waals surface area contributed by atoms with Gasteiger partial charge in [0.15, 0.2) is 0 Å². The normalized spacial score (nSPS) is 16.7. The molecule has 0 aromatic heterocycles. The third-order valence-corrected chi connectivity index (χ3v) is 3.43. The first-order chi connectivity index (χ1) is 7.98. The van der Waals surface area contributed by atoms with E-state index in [-0.39, 0.29) is 10.7 Å². The van der Waals surface area contributed by atoms with Crippen LogP contribution in [-0.4, -0.2) is 6.54 Å². The van der Waals surface area contributed by atoms with Crippen molar-refractivity contribution < 1.29 is 13.2 Å². The maximum absolute atomic E-state index is 12.8. The van der Waals surface area contributed by atoms with Gasteiger partial charge in [0.05, 0.1) is 16.3 Å². The van der Waals surface area contributed by atoms with Gasteiger partial charge in [-0.1, -0.05) is 24.1 Å². The number of alkyl halides is 3. The number of hydrogen-bond donors (Lipinski definition) is 1. The van der Waals surface area contributed by atoms with Crippen molar-refractivity contribution in [3.05, 3.63) is 28.8 Å². The molecule has 0 bridgehead atoms. The Bertz CT molecular complexity index is 399. The largest absolute Gasteiger partial charge is 0.418 e. The van der Waals surface area contributed by atoms with Crippen molar-refractivity contribution >= 4 is 17.3 Å². The molecule has 0 atom stereocenters. The lowest BCUT2D eigenvalue weighted by atomic mass is 9.85. The number of nitrogens with one attached hydrogen (secondary N) is 1. The van der Waals surface area contributed by atoms with Crippen molar-refractivity contribution in [2.45, 2.75) is 25.4 Å². The number of halogens is 4. The van der Waals surface area contributed by atoms with E-state index >= 15 is 0 Å². The smallest absolute Gasteiger partial charge is 0.383 e. The highest BCUT2D eigenvalue weighted by molar-refractivity contribution is 6.33. The molecule has 5 heteroatoms. The highest BCUT2D eigenvalue weighted by atomic mass is 35.5. The third-order valence-electron chi connectivity index (χ3n) is 3.11. The molecule has 1 nitrogen and oxygen atoms in total. The minimum absolute atomic E-state index is 0.00793. The second-order valence-electron chi connectivity index (χ2n) is 4.34. The van der Waals surface area contributed by atoms with Crippen molar-refractivity contribution in [3.8, 4) is 0 Å². The molecule has 0 amide bonds. The van der Waals surface area contributed by atoms with Crippen molar-refractivity contribution in [3.63, 3.8) is 0 Å². The number of para-hydroxylation sites is 1. The summed E-state index contributed by atoms with van der Waals surface area (Å²) in [7, 11) is 0. The maximum atomic E-state index is 12.8. The first-order valence-electron chi connectivity index (χ1n) is 5.58. The molecule has 1 saturated carbocycles. The van der Waals surface area contributed by atoms with Crippen LogP contribution in [0.3, 0.4) is 0 Å². The van der Waals surface area contributed by atoms with Crippen LogP contribution in [0.25, 0.3) is 0 Å². The van der Waals surface area contributed by atoms with Crippen LogP contribution >= 0.6 is 11.6 Å². The molecule has 0 aliphatic heterocycles. The standard InChI is InChI=1S/C12H13ClF3N/c13-10-6-2-5-9(12(14,15)16)11(10)17-7-8-3-1-4-8/h2,5-6,8,17H,1,3-4,7H2. The highest BCUT2D eigenvalue weighted by Crippen LogP contribution is 2.39. The van der Waals surface area contributed by atoms with Crippen molar-refractivity contribution in [2.24, 2.45) is 5.92 Å².